The largest absolute Gasteiger partial charge is 0.483 e. The SMILES string of the molecule is C[C@@H](Oc1ccc(C(=O)c2ccc(F)cc2)cc1)C(=O)c1ccc2c(c1)CCC2. The quantitative estimate of drug-likeness (QED) is 0.546. The zero-order valence-electron chi connectivity index (χ0n) is 16.2. The first-order valence-corrected chi connectivity index (χ1v) is 9.74. The summed E-state index contributed by atoms with van der Waals surface area (Å²) in [4.78, 5) is 25.2. The highest BCUT2D eigenvalue weighted by molar-refractivity contribution is 6.09. The van der Waals surface area contributed by atoms with Crippen molar-refractivity contribution in [2.24, 2.45) is 0 Å². The number of rotatable bonds is 6. The molecule has 0 aromatic heterocycles. The second kappa shape index (κ2) is 8.00. The van der Waals surface area contributed by atoms with E-state index in [0.717, 1.165) is 19.3 Å². The van der Waals surface area contributed by atoms with Gasteiger partial charge in [-0.3, -0.25) is 9.59 Å². The molecule has 3 aromatic carbocycles. The van der Waals surface area contributed by atoms with Crippen molar-refractivity contribution >= 4 is 11.6 Å². The Morgan fingerprint density at radius 1 is 0.828 bits per heavy atom. The second-order valence-corrected chi connectivity index (χ2v) is 7.32. The number of hydrogen-bond donors (Lipinski definition) is 0. The van der Waals surface area contributed by atoms with E-state index in [0.29, 0.717) is 22.4 Å². The zero-order valence-corrected chi connectivity index (χ0v) is 16.2. The summed E-state index contributed by atoms with van der Waals surface area (Å²) in [5, 5.41) is 0. The lowest BCUT2D eigenvalue weighted by atomic mass is 10.0. The lowest BCUT2D eigenvalue weighted by Crippen LogP contribution is -2.24. The Labute approximate surface area is 169 Å². The van der Waals surface area contributed by atoms with Crippen molar-refractivity contribution in [3.63, 3.8) is 0 Å². The van der Waals surface area contributed by atoms with Crippen LogP contribution in [0, 0.1) is 5.82 Å². The van der Waals surface area contributed by atoms with Crippen LogP contribution in [0.1, 0.15) is 50.8 Å². The van der Waals surface area contributed by atoms with Gasteiger partial charge in [0.25, 0.3) is 0 Å². The number of fused-ring (bicyclic) bond motifs is 1. The van der Waals surface area contributed by atoms with Crippen LogP contribution in [-0.2, 0) is 12.8 Å². The van der Waals surface area contributed by atoms with Crippen LogP contribution in [0.15, 0.2) is 66.7 Å². The first kappa shape index (κ1) is 19.1. The molecule has 4 heteroatoms. The molecule has 0 aliphatic heterocycles. The van der Waals surface area contributed by atoms with Crippen LogP contribution in [0.3, 0.4) is 0 Å². The van der Waals surface area contributed by atoms with E-state index in [4.69, 9.17) is 4.74 Å². The van der Waals surface area contributed by atoms with Gasteiger partial charge in [-0.1, -0.05) is 12.1 Å². The summed E-state index contributed by atoms with van der Waals surface area (Å²) in [7, 11) is 0. The van der Waals surface area contributed by atoms with E-state index >= 15 is 0 Å². The van der Waals surface area contributed by atoms with Gasteiger partial charge in [-0.15, -0.1) is 0 Å². The number of ketones is 2. The molecular formula is C25H21FO3. The van der Waals surface area contributed by atoms with Crippen LogP contribution in [-0.4, -0.2) is 17.7 Å². The highest BCUT2D eigenvalue weighted by Crippen LogP contribution is 2.24. The Hall–Kier alpha value is -3.27. The van der Waals surface area contributed by atoms with E-state index < -0.39 is 6.10 Å². The van der Waals surface area contributed by atoms with Gasteiger partial charge < -0.3 is 4.74 Å². The fraction of sp³-hybridized carbons (Fsp3) is 0.200. The first-order valence-electron chi connectivity index (χ1n) is 9.74. The summed E-state index contributed by atoms with van der Waals surface area (Å²) in [6.07, 6.45) is 2.61. The molecule has 0 amide bonds. The molecule has 1 atom stereocenters. The number of aryl methyl sites for hydroxylation is 2. The number of benzene rings is 3. The summed E-state index contributed by atoms with van der Waals surface area (Å²) >= 11 is 0. The van der Waals surface area contributed by atoms with Crippen LogP contribution < -0.4 is 4.74 Å². The van der Waals surface area contributed by atoms with Crippen molar-refractivity contribution in [3.05, 3.63) is 100 Å². The van der Waals surface area contributed by atoms with Crippen molar-refractivity contribution in [3.8, 4) is 5.75 Å². The third-order valence-electron chi connectivity index (χ3n) is 5.29. The molecule has 146 valence electrons. The summed E-state index contributed by atoms with van der Waals surface area (Å²) in [6.45, 7) is 1.73. The van der Waals surface area contributed by atoms with Crippen LogP contribution in [0.25, 0.3) is 0 Å². The average molecular weight is 388 g/mol. The summed E-state index contributed by atoms with van der Waals surface area (Å²) in [5.74, 6) is -0.125. The molecule has 29 heavy (non-hydrogen) atoms. The van der Waals surface area contributed by atoms with E-state index in [-0.39, 0.29) is 17.4 Å². The van der Waals surface area contributed by atoms with Gasteiger partial charge in [0, 0.05) is 16.7 Å². The van der Waals surface area contributed by atoms with Crippen molar-refractivity contribution < 1.29 is 18.7 Å². The van der Waals surface area contributed by atoms with Gasteiger partial charge in [-0.25, -0.2) is 4.39 Å². The Morgan fingerprint density at radius 2 is 1.41 bits per heavy atom. The number of halogens is 1. The van der Waals surface area contributed by atoms with Gasteiger partial charge in [0.15, 0.2) is 11.9 Å². The highest BCUT2D eigenvalue weighted by atomic mass is 19.1. The predicted octanol–water partition coefficient (Wildman–Crippen LogP) is 5.20. The summed E-state index contributed by atoms with van der Waals surface area (Å²) in [5.41, 5.74) is 4.14. The van der Waals surface area contributed by atoms with Gasteiger partial charge in [-0.2, -0.15) is 0 Å². The smallest absolute Gasteiger partial charge is 0.203 e. The van der Waals surface area contributed by atoms with Crippen molar-refractivity contribution in [2.75, 3.05) is 0 Å². The molecule has 0 N–H and O–H groups in total. The molecule has 0 unspecified atom stereocenters. The van der Waals surface area contributed by atoms with Crippen LogP contribution >= 0.6 is 0 Å². The van der Waals surface area contributed by atoms with Gasteiger partial charge in [0.05, 0.1) is 0 Å². The minimum Gasteiger partial charge on any atom is -0.483 e. The number of carbonyl (C=O) groups excluding carboxylic acids is 2. The Balaban J connectivity index is 1.43. The van der Waals surface area contributed by atoms with Gasteiger partial charge in [-0.05, 0) is 91.9 Å². The predicted molar refractivity (Wildman–Crippen MR) is 109 cm³/mol. The maximum atomic E-state index is 13.0. The lowest BCUT2D eigenvalue weighted by Gasteiger charge is -2.15. The molecule has 3 aromatic rings. The number of ether oxygens (including phenoxy) is 1. The van der Waals surface area contributed by atoms with Crippen molar-refractivity contribution in [1.29, 1.82) is 0 Å². The molecule has 4 rings (SSSR count). The van der Waals surface area contributed by atoms with Crippen molar-refractivity contribution in [1.82, 2.24) is 0 Å². The minimum atomic E-state index is -0.631. The zero-order chi connectivity index (χ0) is 20.4. The third-order valence-corrected chi connectivity index (χ3v) is 5.29. The lowest BCUT2D eigenvalue weighted by molar-refractivity contribution is 0.0817. The van der Waals surface area contributed by atoms with E-state index in [1.54, 1.807) is 31.2 Å². The minimum absolute atomic E-state index is 0.0637. The Bertz CT molecular complexity index is 1050. The van der Waals surface area contributed by atoms with Crippen LogP contribution in [0.2, 0.25) is 0 Å². The fourth-order valence-electron chi connectivity index (χ4n) is 3.67. The molecule has 1 aliphatic carbocycles. The Morgan fingerprint density at radius 3 is 2.10 bits per heavy atom. The second-order valence-electron chi connectivity index (χ2n) is 7.32. The topological polar surface area (TPSA) is 43.4 Å². The van der Waals surface area contributed by atoms with Crippen molar-refractivity contribution in [2.45, 2.75) is 32.3 Å². The molecule has 0 fully saturated rings. The molecule has 0 spiro atoms. The van der Waals surface area contributed by atoms with Gasteiger partial charge in [0.1, 0.15) is 11.6 Å². The number of carbonyl (C=O) groups is 2. The number of Topliss-reactive ketones (excluding diaryl/α,β-unsaturated/α-hetero) is 1. The molecule has 0 bridgehead atoms. The Kier molecular flexibility index (Phi) is 5.26. The molecule has 0 saturated heterocycles. The summed E-state index contributed by atoms with van der Waals surface area (Å²) < 4.78 is 18.8. The third kappa shape index (κ3) is 4.11. The highest BCUT2D eigenvalue weighted by Gasteiger charge is 2.20. The molecule has 0 saturated carbocycles. The average Bonchev–Trinajstić information content (AvgIpc) is 3.21. The van der Waals surface area contributed by atoms with Crippen LogP contribution in [0.5, 0.6) is 5.75 Å². The molecule has 0 heterocycles. The van der Waals surface area contributed by atoms with Gasteiger partial charge in [0.2, 0.25) is 5.78 Å². The standard InChI is InChI=1S/C25H21FO3/c1-16(24(27)21-6-5-17-3-2-4-20(17)15-21)29-23-13-9-19(10-14-23)25(28)18-7-11-22(26)12-8-18/h5-16H,2-4H2,1H3/t16-/m1/s1. The first-order chi connectivity index (χ1) is 14.0. The maximum Gasteiger partial charge on any atom is 0.203 e. The summed E-state index contributed by atoms with van der Waals surface area (Å²) in [6, 6.07) is 18.0. The monoisotopic (exact) mass is 388 g/mol. The molecule has 3 nitrogen and oxygen atoms in total. The normalized spacial score (nSPS) is 13.6. The number of hydrogen-bond acceptors (Lipinski definition) is 3. The maximum absolute atomic E-state index is 13.0. The molecule has 0 radical (unpaired) electrons. The van der Waals surface area contributed by atoms with E-state index in [2.05, 4.69) is 0 Å². The van der Waals surface area contributed by atoms with E-state index in [1.807, 2.05) is 18.2 Å². The molecule has 1 aliphatic rings. The molecular weight excluding hydrogens is 367 g/mol. The van der Waals surface area contributed by atoms with Crippen LogP contribution in [0.4, 0.5) is 4.39 Å². The fourth-order valence-corrected chi connectivity index (χ4v) is 3.67. The van der Waals surface area contributed by atoms with E-state index in [1.165, 1.54) is 35.4 Å². The van der Waals surface area contributed by atoms with E-state index in [9.17, 15) is 14.0 Å². The van der Waals surface area contributed by atoms with Gasteiger partial charge >= 0.3 is 0 Å².